The quantitative estimate of drug-likeness (QED) is 0.848. The van der Waals surface area contributed by atoms with Crippen LogP contribution in [0.3, 0.4) is 0 Å². The molecule has 2 nitrogen and oxygen atoms in total. The number of hydrogen-bond acceptors (Lipinski definition) is 2. The van der Waals surface area contributed by atoms with E-state index in [0.29, 0.717) is 17.3 Å². The van der Waals surface area contributed by atoms with Gasteiger partial charge in [-0.25, -0.2) is 0 Å². The fourth-order valence-corrected chi connectivity index (χ4v) is 2.72. The first-order valence-corrected chi connectivity index (χ1v) is 6.98. The third kappa shape index (κ3) is 3.63. The molecule has 1 aromatic carbocycles. The van der Waals surface area contributed by atoms with Crippen LogP contribution in [-0.4, -0.2) is 17.3 Å². The molecule has 0 aromatic heterocycles. The predicted molar refractivity (Wildman–Crippen MR) is 71.0 cm³/mol. The first-order valence-electron chi connectivity index (χ1n) is 6.19. The standard InChI is InChI=1S/C13H15BrF3NO/c14-8-5-6-10(9(7-8)13(15,16)17)18-11-3-1-2-4-12(11)19/h5-7,11-12,18-19H,1-4H2. The van der Waals surface area contributed by atoms with E-state index in [1.165, 1.54) is 6.07 Å². The number of halogens is 4. The molecule has 0 radical (unpaired) electrons. The molecule has 0 aliphatic heterocycles. The van der Waals surface area contributed by atoms with Gasteiger partial charge in [0.25, 0.3) is 0 Å². The van der Waals surface area contributed by atoms with Gasteiger partial charge in [-0.2, -0.15) is 13.2 Å². The molecule has 19 heavy (non-hydrogen) atoms. The maximum Gasteiger partial charge on any atom is 0.418 e. The van der Waals surface area contributed by atoms with Gasteiger partial charge in [0.2, 0.25) is 0 Å². The Hall–Kier alpha value is -0.750. The summed E-state index contributed by atoms with van der Waals surface area (Å²) in [6.07, 6.45) is -1.83. The van der Waals surface area contributed by atoms with Crippen molar-refractivity contribution in [2.75, 3.05) is 5.32 Å². The lowest BCUT2D eigenvalue weighted by Crippen LogP contribution is -2.36. The first kappa shape index (κ1) is 14.7. The van der Waals surface area contributed by atoms with Gasteiger partial charge in [0.1, 0.15) is 0 Å². The maximum absolute atomic E-state index is 13.0. The third-order valence-electron chi connectivity index (χ3n) is 3.36. The molecule has 1 saturated carbocycles. The van der Waals surface area contributed by atoms with E-state index in [4.69, 9.17) is 0 Å². The van der Waals surface area contributed by atoms with E-state index < -0.39 is 17.8 Å². The number of aliphatic hydroxyl groups is 1. The highest BCUT2D eigenvalue weighted by Crippen LogP contribution is 2.37. The highest BCUT2D eigenvalue weighted by atomic mass is 79.9. The summed E-state index contributed by atoms with van der Waals surface area (Å²) in [5.41, 5.74) is -0.679. The second-order valence-electron chi connectivity index (χ2n) is 4.79. The molecule has 6 heteroatoms. The first-order chi connectivity index (χ1) is 8.88. The Morgan fingerprint density at radius 1 is 1.21 bits per heavy atom. The van der Waals surface area contributed by atoms with Gasteiger partial charge in [-0.1, -0.05) is 28.8 Å². The van der Waals surface area contributed by atoms with Crippen LogP contribution in [0.25, 0.3) is 0 Å². The molecule has 0 heterocycles. The minimum absolute atomic E-state index is 0.0293. The molecule has 1 fully saturated rings. The van der Waals surface area contributed by atoms with Crippen molar-refractivity contribution in [1.29, 1.82) is 0 Å². The second-order valence-corrected chi connectivity index (χ2v) is 5.71. The van der Waals surface area contributed by atoms with E-state index in [2.05, 4.69) is 21.2 Å². The molecular weight excluding hydrogens is 323 g/mol. The Bertz CT molecular complexity index is 450. The largest absolute Gasteiger partial charge is 0.418 e. The van der Waals surface area contributed by atoms with Gasteiger partial charge in [-0.05, 0) is 31.0 Å². The van der Waals surface area contributed by atoms with Crippen molar-refractivity contribution in [3.8, 4) is 0 Å². The molecule has 0 bridgehead atoms. The van der Waals surface area contributed by atoms with Gasteiger partial charge in [0.05, 0.1) is 17.7 Å². The second kappa shape index (κ2) is 5.71. The number of hydrogen-bond donors (Lipinski definition) is 2. The van der Waals surface area contributed by atoms with Crippen LogP contribution in [0.5, 0.6) is 0 Å². The topological polar surface area (TPSA) is 32.3 Å². The van der Waals surface area contributed by atoms with Crippen LogP contribution in [0.1, 0.15) is 31.2 Å². The highest BCUT2D eigenvalue weighted by molar-refractivity contribution is 9.10. The zero-order valence-electron chi connectivity index (χ0n) is 10.2. The summed E-state index contributed by atoms with van der Waals surface area (Å²) in [5.74, 6) is 0. The van der Waals surface area contributed by atoms with Crippen LogP contribution >= 0.6 is 15.9 Å². The molecule has 2 N–H and O–H groups in total. The minimum atomic E-state index is -4.41. The Labute approximate surface area is 118 Å². The highest BCUT2D eigenvalue weighted by Gasteiger charge is 2.35. The van der Waals surface area contributed by atoms with Gasteiger partial charge in [-0.3, -0.25) is 0 Å². The summed E-state index contributed by atoms with van der Waals surface area (Å²) < 4.78 is 39.3. The van der Waals surface area contributed by atoms with Crippen LogP contribution in [0.2, 0.25) is 0 Å². The molecule has 0 amide bonds. The zero-order valence-corrected chi connectivity index (χ0v) is 11.8. The molecule has 0 saturated heterocycles. The van der Waals surface area contributed by atoms with Crippen LogP contribution in [0.15, 0.2) is 22.7 Å². The van der Waals surface area contributed by atoms with Crippen LogP contribution in [0, 0.1) is 0 Å². The van der Waals surface area contributed by atoms with E-state index >= 15 is 0 Å². The molecule has 2 unspecified atom stereocenters. The molecule has 1 aromatic rings. The van der Waals surface area contributed by atoms with E-state index in [1.54, 1.807) is 6.07 Å². The van der Waals surface area contributed by atoms with Gasteiger partial charge in [0.15, 0.2) is 0 Å². The van der Waals surface area contributed by atoms with Crippen molar-refractivity contribution >= 4 is 21.6 Å². The fourth-order valence-electron chi connectivity index (χ4n) is 2.36. The van der Waals surface area contributed by atoms with Gasteiger partial charge in [-0.15, -0.1) is 0 Å². The Kier molecular flexibility index (Phi) is 4.40. The zero-order chi connectivity index (χ0) is 14.0. The lowest BCUT2D eigenvalue weighted by Gasteiger charge is -2.30. The lowest BCUT2D eigenvalue weighted by molar-refractivity contribution is -0.137. The van der Waals surface area contributed by atoms with Crippen molar-refractivity contribution in [1.82, 2.24) is 0 Å². The Morgan fingerprint density at radius 3 is 2.53 bits per heavy atom. The Morgan fingerprint density at radius 2 is 1.89 bits per heavy atom. The summed E-state index contributed by atoms with van der Waals surface area (Å²) >= 11 is 3.05. The number of alkyl halides is 3. The normalized spacial score (nSPS) is 24.3. The summed E-state index contributed by atoms with van der Waals surface area (Å²) in [7, 11) is 0. The molecule has 1 aliphatic carbocycles. The van der Waals surface area contributed by atoms with Crippen molar-refractivity contribution in [2.24, 2.45) is 0 Å². The number of benzene rings is 1. The van der Waals surface area contributed by atoms with Crippen molar-refractivity contribution < 1.29 is 18.3 Å². The summed E-state index contributed by atoms with van der Waals surface area (Å²) in [6.45, 7) is 0. The maximum atomic E-state index is 13.0. The lowest BCUT2D eigenvalue weighted by atomic mass is 9.92. The molecular formula is C13H15BrF3NO. The van der Waals surface area contributed by atoms with E-state index in [1.807, 2.05) is 0 Å². The van der Waals surface area contributed by atoms with Crippen molar-refractivity contribution in [2.45, 2.75) is 44.0 Å². The van der Waals surface area contributed by atoms with Gasteiger partial charge < -0.3 is 10.4 Å². The van der Waals surface area contributed by atoms with Gasteiger partial charge in [0, 0.05) is 10.2 Å². The van der Waals surface area contributed by atoms with Crippen LogP contribution in [-0.2, 0) is 6.18 Å². The van der Waals surface area contributed by atoms with Crippen LogP contribution < -0.4 is 5.32 Å². The summed E-state index contributed by atoms with van der Waals surface area (Å²) in [6, 6.07) is 3.70. The summed E-state index contributed by atoms with van der Waals surface area (Å²) in [4.78, 5) is 0. The van der Waals surface area contributed by atoms with Crippen LogP contribution in [0.4, 0.5) is 18.9 Å². The average Bonchev–Trinajstić information content (AvgIpc) is 2.33. The predicted octanol–water partition coefficient (Wildman–Crippen LogP) is 4.18. The number of aliphatic hydroxyl groups excluding tert-OH is 1. The molecule has 106 valence electrons. The summed E-state index contributed by atoms with van der Waals surface area (Å²) in [5, 5.41) is 12.7. The van der Waals surface area contributed by atoms with E-state index in [0.717, 1.165) is 18.9 Å². The SMILES string of the molecule is OC1CCCCC1Nc1ccc(Br)cc1C(F)(F)F. The fraction of sp³-hybridized carbons (Fsp3) is 0.538. The van der Waals surface area contributed by atoms with Crippen molar-refractivity contribution in [3.05, 3.63) is 28.2 Å². The molecule has 2 rings (SSSR count). The smallest absolute Gasteiger partial charge is 0.391 e. The number of nitrogens with one attached hydrogen (secondary N) is 1. The van der Waals surface area contributed by atoms with Crippen molar-refractivity contribution in [3.63, 3.8) is 0 Å². The number of anilines is 1. The van der Waals surface area contributed by atoms with Gasteiger partial charge >= 0.3 is 6.18 Å². The molecule has 1 aliphatic rings. The number of rotatable bonds is 2. The molecule has 0 spiro atoms. The monoisotopic (exact) mass is 337 g/mol. The van der Waals surface area contributed by atoms with E-state index in [-0.39, 0.29) is 11.7 Å². The molecule has 2 atom stereocenters. The third-order valence-corrected chi connectivity index (χ3v) is 3.85. The van der Waals surface area contributed by atoms with E-state index in [9.17, 15) is 18.3 Å². The average molecular weight is 338 g/mol. The minimum Gasteiger partial charge on any atom is -0.391 e. The Balaban J connectivity index is 2.24.